The van der Waals surface area contributed by atoms with Crippen LogP contribution in [0.5, 0.6) is 17.2 Å². The fourth-order valence-corrected chi connectivity index (χ4v) is 3.07. The van der Waals surface area contributed by atoms with Crippen LogP contribution in [0.2, 0.25) is 0 Å². The molecule has 3 aromatic rings. The fourth-order valence-electron chi connectivity index (χ4n) is 3.07. The molecule has 0 saturated heterocycles. The van der Waals surface area contributed by atoms with Gasteiger partial charge < -0.3 is 24.9 Å². The molecule has 0 atom stereocenters. The second-order valence-electron chi connectivity index (χ2n) is 5.74. The third-order valence-electron chi connectivity index (χ3n) is 4.22. The zero-order valence-corrected chi connectivity index (χ0v) is 14.8. The third-order valence-corrected chi connectivity index (χ3v) is 4.22. The predicted octanol–water partition coefficient (Wildman–Crippen LogP) is 2.66. The van der Waals surface area contributed by atoms with Gasteiger partial charge in [-0.3, -0.25) is 0 Å². The first-order valence-corrected chi connectivity index (χ1v) is 7.96. The van der Waals surface area contributed by atoms with E-state index in [-0.39, 0.29) is 5.95 Å². The van der Waals surface area contributed by atoms with Crippen molar-refractivity contribution in [3.63, 3.8) is 0 Å². The van der Waals surface area contributed by atoms with Gasteiger partial charge in [0.1, 0.15) is 5.65 Å². The van der Waals surface area contributed by atoms with Crippen molar-refractivity contribution in [1.82, 2.24) is 15.0 Å². The molecule has 3 rings (SSSR count). The molecule has 0 unspecified atom stereocenters. The lowest BCUT2D eigenvalue weighted by Crippen LogP contribution is -1.99. The molecular weight excluding hydrogens is 320 g/mol. The number of aromatic nitrogens is 3. The van der Waals surface area contributed by atoms with Gasteiger partial charge in [-0.1, -0.05) is 0 Å². The molecule has 0 radical (unpaired) electrons. The number of hydrogen-bond acceptors (Lipinski definition) is 6. The van der Waals surface area contributed by atoms with Gasteiger partial charge in [-0.25, -0.2) is 4.98 Å². The zero-order valence-electron chi connectivity index (χ0n) is 14.8. The maximum absolute atomic E-state index is 5.71. The van der Waals surface area contributed by atoms with Crippen molar-refractivity contribution >= 4 is 17.0 Å². The van der Waals surface area contributed by atoms with Crippen molar-refractivity contribution in [3.05, 3.63) is 35.2 Å². The van der Waals surface area contributed by atoms with E-state index in [1.54, 1.807) is 21.3 Å². The smallest absolute Gasteiger partial charge is 0.222 e. The Bertz CT molecular complexity index is 880. The molecule has 0 aliphatic carbocycles. The number of benzene rings is 1. The Labute approximate surface area is 146 Å². The number of aryl methyl sites for hydroxylation is 3. The molecule has 132 valence electrons. The average molecular weight is 342 g/mol. The molecule has 25 heavy (non-hydrogen) atoms. The number of H-pyrrole nitrogens is 1. The van der Waals surface area contributed by atoms with Crippen LogP contribution in [0.1, 0.15) is 16.8 Å². The van der Waals surface area contributed by atoms with E-state index in [0.717, 1.165) is 40.7 Å². The van der Waals surface area contributed by atoms with Crippen molar-refractivity contribution in [3.8, 4) is 17.2 Å². The molecule has 7 heteroatoms. The lowest BCUT2D eigenvalue weighted by molar-refractivity contribution is 0.324. The highest BCUT2D eigenvalue weighted by Crippen LogP contribution is 2.38. The van der Waals surface area contributed by atoms with Crippen molar-refractivity contribution in [1.29, 1.82) is 0 Å². The number of fused-ring (bicyclic) bond motifs is 1. The molecule has 3 N–H and O–H groups in total. The van der Waals surface area contributed by atoms with Crippen LogP contribution >= 0.6 is 0 Å². The number of nitrogens with two attached hydrogens (primary N) is 1. The van der Waals surface area contributed by atoms with Crippen LogP contribution in [0.15, 0.2) is 18.3 Å². The third kappa shape index (κ3) is 3.17. The highest BCUT2D eigenvalue weighted by Gasteiger charge is 2.14. The maximum atomic E-state index is 5.71. The topological polar surface area (TPSA) is 95.3 Å². The van der Waals surface area contributed by atoms with Gasteiger partial charge in [0.15, 0.2) is 11.5 Å². The number of nitrogen functional groups attached to an aromatic ring is 1. The summed E-state index contributed by atoms with van der Waals surface area (Å²) in [6, 6.07) is 3.94. The van der Waals surface area contributed by atoms with Crippen LogP contribution in [-0.4, -0.2) is 36.3 Å². The first kappa shape index (κ1) is 16.9. The van der Waals surface area contributed by atoms with Gasteiger partial charge in [0.05, 0.1) is 27.0 Å². The minimum atomic E-state index is 0.281. The Balaban J connectivity index is 1.89. The summed E-state index contributed by atoms with van der Waals surface area (Å²) < 4.78 is 16.2. The second kappa shape index (κ2) is 6.88. The normalized spacial score (nSPS) is 10.9. The summed E-state index contributed by atoms with van der Waals surface area (Å²) in [5, 5.41) is 1.03. The number of anilines is 1. The van der Waals surface area contributed by atoms with Crippen molar-refractivity contribution in [2.75, 3.05) is 27.1 Å². The number of nitrogens with one attached hydrogen (secondary N) is 1. The van der Waals surface area contributed by atoms with Gasteiger partial charge in [-0.05, 0) is 43.0 Å². The van der Waals surface area contributed by atoms with Gasteiger partial charge in [-0.2, -0.15) is 4.98 Å². The molecule has 2 heterocycles. The van der Waals surface area contributed by atoms with E-state index in [4.69, 9.17) is 19.9 Å². The van der Waals surface area contributed by atoms with E-state index in [1.807, 2.05) is 25.3 Å². The Hall–Kier alpha value is -2.96. The van der Waals surface area contributed by atoms with E-state index in [9.17, 15) is 0 Å². The highest BCUT2D eigenvalue weighted by molar-refractivity contribution is 5.83. The molecule has 0 amide bonds. The number of ether oxygens (including phenoxy) is 3. The van der Waals surface area contributed by atoms with Crippen LogP contribution in [-0.2, 0) is 12.8 Å². The maximum Gasteiger partial charge on any atom is 0.222 e. The molecule has 0 aliphatic rings. The largest absolute Gasteiger partial charge is 0.493 e. The predicted molar refractivity (Wildman–Crippen MR) is 96.5 cm³/mol. The van der Waals surface area contributed by atoms with Crippen molar-refractivity contribution < 1.29 is 14.2 Å². The van der Waals surface area contributed by atoms with Gasteiger partial charge in [0.2, 0.25) is 11.7 Å². The first-order chi connectivity index (χ1) is 12.1. The van der Waals surface area contributed by atoms with Crippen LogP contribution < -0.4 is 19.9 Å². The molecule has 0 fully saturated rings. The lowest BCUT2D eigenvalue weighted by atomic mass is 10.0. The fraction of sp³-hybridized carbons (Fsp3) is 0.333. The number of aromatic amines is 1. The summed E-state index contributed by atoms with van der Waals surface area (Å²) in [4.78, 5) is 11.7. The molecule has 0 aliphatic heterocycles. The summed E-state index contributed by atoms with van der Waals surface area (Å²) in [7, 11) is 4.83. The number of hydrogen-bond donors (Lipinski definition) is 2. The van der Waals surface area contributed by atoms with Crippen molar-refractivity contribution in [2.24, 2.45) is 0 Å². The van der Waals surface area contributed by atoms with Crippen molar-refractivity contribution in [2.45, 2.75) is 19.8 Å². The second-order valence-corrected chi connectivity index (χ2v) is 5.74. The highest BCUT2D eigenvalue weighted by atomic mass is 16.5. The minimum Gasteiger partial charge on any atom is -0.493 e. The monoisotopic (exact) mass is 342 g/mol. The lowest BCUT2D eigenvalue weighted by Gasteiger charge is -2.14. The van der Waals surface area contributed by atoms with Crippen LogP contribution in [0, 0.1) is 6.92 Å². The summed E-state index contributed by atoms with van der Waals surface area (Å²) in [6.45, 7) is 1.94. The Morgan fingerprint density at radius 3 is 2.28 bits per heavy atom. The standard InChI is InChI=1S/C18H22N4O3/c1-10-15-12(9-20-17(15)22-18(19)21-10)6-5-11-7-13(23-2)16(25-4)14(8-11)24-3/h7-9H,5-6H2,1-4H3,(H3,19,20,21,22). The van der Waals surface area contributed by atoms with E-state index < -0.39 is 0 Å². The zero-order chi connectivity index (χ0) is 18.0. The average Bonchev–Trinajstić information content (AvgIpc) is 3.01. The quantitative estimate of drug-likeness (QED) is 0.715. The molecule has 0 bridgehead atoms. The summed E-state index contributed by atoms with van der Waals surface area (Å²) in [5.41, 5.74) is 9.60. The number of rotatable bonds is 6. The Kier molecular flexibility index (Phi) is 4.65. The van der Waals surface area contributed by atoms with Crippen LogP contribution in [0.4, 0.5) is 5.95 Å². The molecular formula is C18H22N4O3. The van der Waals surface area contributed by atoms with E-state index in [0.29, 0.717) is 17.2 Å². The molecule has 1 aromatic carbocycles. The van der Waals surface area contributed by atoms with Gasteiger partial charge >= 0.3 is 0 Å². The summed E-state index contributed by atoms with van der Waals surface area (Å²) in [6.07, 6.45) is 3.60. The Morgan fingerprint density at radius 1 is 1.00 bits per heavy atom. The summed E-state index contributed by atoms with van der Waals surface area (Å²) >= 11 is 0. The minimum absolute atomic E-state index is 0.281. The number of methoxy groups -OCH3 is 3. The molecule has 0 saturated carbocycles. The Morgan fingerprint density at radius 2 is 1.68 bits per heavy atom. The van der Waals surface area contributed by atoms with E-state index in [2.05, 4.69) is 15.0 Å². The van der Waals surface area contributed by atoms with Gasteiger partial charge in [-0.15, -0.1) is 0 Å². The SMILES string of the molecule is COc1cc(CCc2c[nH]c3nc(N)nc(C)c23)cc(OC)c1OC. The van der Waals surface area contributed by atoms with Crippen LogP contribution in [0.3, 0.4) is 0 Å². The molecule has 7 nitrogen and oxygen atoms in total. The van der Waals surface area contributed by atoms with Gasteiger partial charge in [0.25, 0.3) is 0 Å². The molecule has 0 spiro atoms. The van der Waals surface area contributed by atoms with E-state index in [1.165, 1.54) is 0 Å². The van der Waals surface area contributed by atoms with E-state index >= 15 is 0 Å². The first-order valence-electron chi connectivity index (χ1n) is 7.96. The number of nitrogens with zero attached hydrogens (tertiary/aromatic N) is 2. The van der Waals surface area contributed by atoms with Gasteiger partial charge in [0, 0.05) is 11.6 Å². The summed E-state index contributed by atoms with van der Waals surface area (Å²) in [5.74, 6) is 2.19. The van der Waals surface area contributed by atoms with Crippen LogP contribution in [0.25, 0.3) is 11.0 Å². The molecule has 2 aromatic heterocycles.